The van der Waals surface area contributed by atoms with Crippen LogP contribution in [-0.2, 0) is 9.59 Å². The molecule has 1 aromatic rings. The van der Waals surface area contributed by atoms with Gasteiger partial charge in [0, 0.05) is 11.3 Å². The van der Waals surface area contributed by atoms with Crippen molar-refractivity contribution in [3.63, 3.8) is 0 Å². The first kappa shape index (κ1) is 15.9. The number of hydrogen-bond acceptors (Lipinski definition) is 4. The highest BCUT2D eigenvalue weighted by atomic mass is 32.2. The Bertz CT molecular complexity index is 501. The Kier molecular flexibility index (Phi) is 6.07. The molecule has 1 heterocycles. The first-order chi connectivity index (χ1) is 10.1. The standard InChI is InChI=1S/C15H21N3O2S/c16-14(19)10-21-13-4-2-1-3-12(13)18-15(20)6-5-11-7-8-17-9-11/h1-4,11,17H,5-10H2,(H2,16,19)(H,18,20). The van der Waals surface area contributed by atoms with Crippen molar-refractivity contribution in [1.29, 1.82) is 0 Å². The summed E-state index contributed by atoms with van der Waals surface area (Å²) in [5.74, 6) is 0.472. The topological polar surface area (TPSA) is 84.2 Å². The Morgan fingerprint density at radius 1 is 1.38 bits per heavy atom. The van der Waals surface area contributed by atoms with Gasteiger partial charge >= 0.3 is 0 Å². The molecular weight excluding hydrogens is 286 g/mol. The van der Waals surface area contributed by atoms with Crippen LogP contribution < -0.4 is 16.4 Å². The van der Waals surface area contributed by atoms with E-state index >= 15 is 0 Å². The van der Waals surface area contributed by atoms with E-state index in [1.54, 1.807) is 0 Å². The molecule has 114 valence electrons. The van der Waals surface area contributed by atoms with E-state index in [1.807, 2.05) is 24.3 Å². The zero-order chi connectivity index (χ0) is 15.1. The third-order valence-electron chi connectivity index (χ3n) is 3.47. The van der Waals surface area contributed by atoms with Crippen molar-refractivity contribution < 1.29 is 9.59 Å². The number of nitrogens with two attached hydrogens (primary N) is 1. The fraction of sp³-hybridized carbons (Fsp3) is 0.467. The summed E-state index contributed by atoms with van der Waals surface area (Å²) in [6.07, 6.45) is 2.59. The maximum atomic E-state index is 12.0. The number of nitrogens with one attached hydrogen (secondary N) is 2. The number of thioether (sulfide) groups is 1. The molecular formula is C15H21N3O2S. The summed E-state index contributed by atoms with van der Waals surface area (Å²) in [5.41, 5.74) is 5.90. The van der Waals surface area contributed by atoms with Crippen molar-refractivity contribution in [2.24, 2.45) is 11.7 Å². The van der Waals surface area contributed by atoms with Crippen LogP contribution in [0, 0.1) is 5.92 Å². The first-order valence-corrected chi connectivity index (χ1v) is 8.14. The van der Waals surface area contributed by atoms with E-state index in [-0.39, 0.29) is 17.6 Å². The normalized spacial score (nSPS) is 17.6. The molecule has 4 N–H and O–H groups in total. The van der Waals surface area contributed by atoms with Gasteiger partial charge in [0.25, 0.3) is 0 Å². The molecule has 5 nitrogen and oxygen atoms in total. The molecule has 0 radical (unpaired) electrons. The monoisotopic (exact) mass is 307 g/mol. The molecule has 21 heavy (non-hydrogen) atoms. The number of benzene rings is 1. The predicted molar refractivity (Wildman–Crippen MR) is 85.2 cm³/mol. The molecule has 0 aliphatic carbocycles. The quantitative estimate of drug-likeness (QED) is 0.668. The first-order valence-electron chi connectivity index (χ1n) is 7.16. The Morgan fingerprint density at radius 2 is 2.19 bits per heavy atom. The second kappa shape index (κ2) is 8.05. The molecule has 1 fully saturated rings. The van der Waals surface area contributed by atoms with Crippen molar-refractivity contribution >= 4 is 29.3 Å². The van der Waals surface area contributed by atoms with Gasteiger partial charge in [0.15, 0.2) is 0 Å². The molecule has 6 heteroatoms. The van der Waals surface area contributed by atoms with Crippen molar-refractivity contribution in [2.75, 3.05) is 24.2 Å². The molecule has 0 spiro atoms. The van der Waals surface area contributed by atoms with Crippen LogP contribution in [0.15, 0.2) is 29.2 Å². The number of carbonyl (C=O) groups is 2. The average Bonchev–Trinajstić information content (AvgIpc) is 2.97. The summed E-state index contributed by atoms with van der Waals surface area (Å²) < 4.78 is 0. The average molecular weight is 307 g/mol. The van der Waals surface area contributed by atoms with Gasteiger partial charge in [-0.05, 0) is 44.0 Å². The zero-order valence-corrected chi connectivity index (χ0v) is 12.7. The van der Waals surface area contributed by atoms with Gasteiger partial charge in [-0.1, -0.05) is 12.1 Å². The molecule has 0 saturated carbocycles. The lowest BCUT2D eigenvalue weighted by Gasteiger charge is -2.11. The van der Waals surface area contributed by atoms with E-state index in [9.17, 15) is 9.59 Å². The lowest BCUT2D eigenvalue weighted by atomic mass is 10.0. The van der Waals surface area contributed by atoms with E-state index < -0.39 is 0 Å². The van der Waals surface area contributed by atoms with Crippen molar-refractivity contribution in [1.82, 2.24) is 5.32 Å². The van der Waals surface area contributed by atoms with Crippen LogP contribution in [0.1, 0.15) is 19.3 Å². The van der Waals surface area contributed by atoms with Crippen molar-refractivity contribution in [2.45, 2.75) is 24.2 Å². The summed E-state index contributed by atoms with van der Waals surface area (Å²) in [5, 5.41) is 6.23. The highest BCUT2D eigenvalue weighted by Crippen LogP contribution is 2.27. The molecule has 1 aliphatic heterocycles. The van der Waals surface area contributed by atoms with E-state index in [4.69, 9.17) is 5.73 Å². The van der Waals surface area contributed by atoms with Gasteiger partial charge in [0.2, 0.25) is 11.8 Å². The van der Waals surface area contributed by atoms with Crippen LogP contribution in [0.3, 0.4) is 0 Å². The summed E-state index contributed by atoms with van der Waals surface area (Å²) >= 11 is 1.34. The van der Waals surface area contributed by atoms with Gasteiger partial charge < -0.3 is 16.4 Å². The molecule has 2 amide bonds. The highest BCUT2D eigenvalue weighted by Gasteiger charge is 2.16. The molecule has 1 aromatic carbocycles. The molecule has 0 bridgehead atoms. The Morgan fingerprint density at radius 3 is 2.90 bits per heavy atom. The van der Waals surface area contributed by atoms with Gasteiger partial charge in [-0.3, -0.25) is 9.59 Å². The summed E-state index contributed by atoms with van der Waals surface area (Å²) in [4.78, 5) is 23.8. The third-order valence-corrected chi connectivity index (χ3v) is 4.57. The summed E-state index contributed by atoms with van der Waals surface area (Å²) in [7, 11) is 0. The third kappa shape index (κ3) is 5.40. The highest BCUT2D eigenvalue weighted by molar-refractivity contribution is 8.00. The van der Waals surface area contributed by atoms with Crippen molar-refractivity contribution in [3.8, 4) is 0 Å². The van der Waals surface area contributed by atoms with Gasteiger partial charge in [0.05, 0.1) is 11.4 Å². The molecule has 0 aromatic heterocycles. The predicted octanol–water partition coefficient (Wildman–Crippen LogP) is 1.59. The molecule has 1 aliphatic rings. The lowest BCUT2D eigenvalue weighted by molar-refractivity contribution is -0.116. The van der Waals surface area contributed by atoms with Crippen LogP contribution >= 0.6 is 11.8 Å². The minimum atomic E-state index is -0.366. The number of hydrogen-bond donors (Lipinski definition) is 3. The van der Waals surface area contributed by atoms with Crippen molar-refractivity contribution in [3.05, 3.63) is 24.3 Å². The second-order valence-electron chi connectivity index (χ2n) is 5.20. The number of primary amides is 1. The van der Waals surface area contributed by atoms with Crippen LogP contribution in [0.25, 0.3) is 0 Å². The van der Waals surface area contributed by atoms with Gasteiger partial charge in [-0.2, -0.15) is 0 Å². The second-order valence-corrected chi connectivity index (χ2v) is 6.21. The number of carbonyl (C=O) groups excluding carboxylic acids is 2. The number of anilines is 1. The lowest BCUT2D eigenvalue weighted by Crippen LogP contribution is -2.16. The summed E-state index contributed by atoms with van der Waals surface area (Å²) in [6, 6.07) is 7.47. The number of rotatable bonds is 7. The largest absolute Gasteiger partial charge is 0.369 e. The molecule has 1 atom stereocenters. The Labute approximate surface area is 129 Å². The van der Waals surface area contributed by atoms with E-state index in [0.717, 1.165) is 36.5 Å². The minimum absolute atomic E-state index is 0.0222. The Balaban J connectivity index is 1.85. The fourth-order valence-electron chi connectivity index (χ4n) is 2.35. The van der Waals surface area contributed by atoms with Crippen LogP contribution in [0.5, 0.6) is 0 Å². The molecule has 1 saturated heterocycles. The Hall–Kier alpha value is -1.53. The number of para-hydroxylation sites is 1. The SMILES string of the molecule is NC(=O)CSc1ccccc1NC(=O)CCC1CCNC1. The maximum absolute atomic E-state index is 12.0. The molecule has 2 rings (SSSR count). The summed E-state index contributed by atoms with van der Waals surface area (Å²) in [6.45, 7) is 2.07. The maximum Gasteiger partial charge on any atom is 0.227 e. The van der Waals surface area contributed by atoms with Gasteiger partial charge in [-0.25, -0.2) is 0 Å². The van der Waals surface area contributed by atoms with E-state index in [0.29, 0.717) is 12.3 Å². The zero-order valence-electron chi connectivity index (χ0n) is 11.9. The van der Waals surface area contributed by atoms with Gasteiger partial charge in [-0.15, -0.1) is 11.8 Å². The fourth-order valence-corrected chi connectivity index (χ4v) is 3.10. The van der Waals surface area contributed by atoms with E-state index in [2.05, 4.69) is 10.6 Å². The van der Waals surface area contributed by atoms with E-state index in [1.165, 1.54) is 11.8 Å². The van der Waals surface area contributed by atoms with Gasteiger partial charge in [0.1, 0.15) is 0 Å². The van der Waals surface area contributed by atoms with Crippen LogP contribution in [-0.4, -0.2) is 30.7 Å². The minimum Gasteiger partial charge on any atom is -0.369 e. The smallest absolute Gasteiger partial charge is 0.227 e. The van der Waals surface area contributed by atoms with Crippen LogP contribution in [0.2, 0.25) is 0 Å². The molecule has 1 unspecified atom stereocenters. The number of amides is 2. The van der Waals surface area contributed by atoms with Crippen LogP contribution in [0.4, 0.5) is 5.69 Å².